The third kappa shape index (κ3) is 2.04. The zero-order chi connectivity index (χ0) is 12.4. The van der Waals surface area contributed by atoms with Gasteiger partial charge in [0, 0.05) is 5.56 Å². The molecule has 2 aromatic rings. The van der Waals surface area contributed by atoms with Crippen molar-refractivity contribution in [2.45, 2.75) is 6.04 Å². The minimum Gasteiger partial charge on any atom is -0.467 e. The van der Waals surface area contributed by atoms with Crippen molar-refractivity contribution >= 4 is 0 Å². The van der Waals surface area contributed by atoms with Crippen LogP contribution in [0, 0.1) is 17.5 Å². The fourth-order valence-electron chi connectivity index (χ4n) is 1.54. The first-order valence-electron chi connectivity index (χ1n) is 4.78. The van der Waals surface area contributed by atoms with E-state index in [4.69, 9.17) is 10.3 Å². The van der Waals surface area contributed by atoms with Gasteiger partial charge in [0.2, 0.25) is 0 Å². The van der Waals surface area contributed by atoms with E-state index in [1.807, 2.05) is 0 Å². The zero-order valence-corrected chi connectivity index (χ0v) is 8.58. The molecule has 1 heterocycles. The molecular weight excluding hydrogens is 233 g/mol. The van der Waals surface area contributed by atoms with Crippen molar-refractivity contribution in [2.24, 2.45) is 5.84 Å². The first kappa shape index (κ1) is 11.7. The number of rotatable bonds is 3. The molecule has 90 valence electrons. The topological polar surface area (TPSA) is 51.2 Å². The van der Waals surface area contributed by atoms with E-state index in [1.54, 1.807) is 12.1 Å². The van der Waals surface area contributed by atoms with Gasteiger partial charge >= 0.3 is 0 Å². The average Bonchev–Trinajstić information content (AvgIpc) is 2.84. The molecule has 3 N–H and O–H groups in total. The number of furan rings is 1. The summed E-state index contributed by atoms with van der Waals surface area (Å²) in [6.45, 7) is 0. The second-order valence-electron chi connectivity index (χ2n) is 3.38. The van der Waals surface area contributed by atoms with Crippen molar-refractivity contribution in [2.75, 3.05) is 0 Å². The number of hydrogen-bond donors (Lipinski definition) is 2. The maximum absolute atomic E-state index is 13.5. The molecule has 0 saturated heterocycles. The summed E-state index contributed by atoms with van der Waals surface area (Å²) in [5, 5.41) is 0. The summed E-state index contributed by atoms with van der Waals surface area (Å²) in [5.74, 6) is 1.49. The van der Waals surface area contributed by atoms with Crippen molar-refractivity contribution in [1.82, 2.24) is 5.43 Å². The molecular formula is C11H9F3N2O. The van der Waals surface area contributed by atoms with Gasteiger partial charge in [0.15, 0.2) is 17.5 Å². The van der Waals surface area contributed by atoms with Gasteiger partial charge in [-0.2, -0.15) is 0 Å². The average molecular weight is 242 g/mol. The minimum atomic E-state index is -1.53. The standard InChI is InChI=1S/C11H9F3N2O/c12-7-4-3-6(9(13)10(7)14)11(16-15)8-2-1-5-17-8/h1-5,11,16H,15H2. The predicted molar refractivity (Wildman–Crippen MR) is 54.2 cm³/mol. The fraction of sp³-hybridized carbons (Fsp3) is 0.0909. The smallest absolute Gasteiger partial charge is 0.194 e. The second-order valence-corrected chi connectivity index (χ2v) is 3.38. The van der Waals surface area contributed by atoms with Gasteiger partial charge in [-0.3, -0.25) is 5.84 Å². The van der Waals surface area contributed by atoms with Gasteiger partial charge in [-0.1, -0.05) is 6.07 Å². The van der Waals surface area contributed by atoms with Crippen molar-refractivity contribution in [3.8, 4) is 0 Å². The van der Waals surface area contributed by atoms with Gasteiger partial charge in [-0.15, -0.1) is 0 Å². The van der Waals surface area contributed by atoms with Crippen LogP contribution < -0.4 is 11.3 Å². The quantitative estimate of drug-likeness (QED) is 0.493. The molecule has 3 nitrogen and oxygen atoms in total. The second kappa shape index (κ2) is 4.60. The highest BCUT2D eigenvalue weighted by Crippen LogP contribution is 2.26. The highest BCUT2D eigenvalue weighted by molar-refractivity contribution is 5.29. The molecule has 0 aliphatic heterocycles. The van der Waals surface area contributed by atoms with Crippen LogP contribution in [0.2, 0.25) is 0 Å². The predicted octanol–water partition coefficient (Wildman–Crippen LogP) is 2.25. The number of hydrogen-bond acceptors (Lipinski definition) is 3. The molecule has 1 unspecified atom stereocenters. The Morgan fingerprint density at radius 2 is 1.88 bits per heavy atom. The molecule has 0 fully saturated rings. The summed E-state index contributed by atoms with van der Waals surface area (Å²) in [6, 6.07) is 4.20. The Morgan fingerprint density at radius 3 is 2.47 bits per heavy atom. The largest absolute Gasteiger partial charge is 0.467 e. The van der Waals surface area contributed by atoms with Gasteiger partial charge in [-0.05, 0) is 18.2 Å². The van der Waals surface area contributed by atoms with Crippen LogP contribution in [0.5, 0.6) is 0 Å². The van der Waals surface area contributed by atoms with E-state index in [1.165, 1.54) is 6.26 Å². The summed E-state index contributed by atoms with van der Waals surface area (Å²) in [4.78, 5) is 0. The Balaban J connectivity index is 2.49. The van der Waals surface area contributed by atoms with Crippen LogP contribution in [0.25, 0.3) is 0 Å². The van der Waals surface area contributed by atoms with Gasteiger partial charge in [0.1, 0.15) is 11.8 Å². The van der Waals surface area contributed by atoms with E-state index in [0.29, 0.717) is 5.76 Å². The Hall–Kier alpha value is -1.79. The Kier molecular flexibility index (Phi) is 3.16. The van der Waals surface area contributed by atoms with E-state index in [-0.39, 0.29) is 5.56 Å². The molecule has 0 aliphatic carbocycles. The molecule has 0 saturated carbocycles. The first-order chi connectivity index (χ1) is 8.15. The summed E-state index contributed by atoms with van der Waals surface area (Å²) < 4.78 is 44.4. The van der Waals surface area contributed by atoms with Crippen molar-refractivity contribution in [1.29, 1.82) is 0 Å². The van der Waals surface area contributed by atoms with E-state index < -0.39 is 23.5 Å². The number of nitrogens with one attached hydrogen (secondary N) is 1. The van der Waals surface area contributed by atoms with E-state index in [9.17, 15) is 13.2 Å². The monoisotopic (exact) mass is 242 g/mol. The molecule has 17 heavy (non-hydrogen) atoms. The molecule has 1 aromatic heterocycles. The molecule has 0 spiro atoms. The van der Waals surface area contributed by atoms with Gasteiger partial charge < -0.3 is 4.42 Å². The van der Waals surface area contributed by atoms with Crippen LogP contribution >= 0.6 is 0 Å². The third-order valence-corrected chi connectivity index (χ3v) is 2.37. The van der Waals surface area contributed by atoms with Crippen LogP contribution in [0.15, 0.2) is 34.9 Å². The van der Waals surface area contributed by atoms with Crippen LogP contribution in [-0.2, 0) is 0 Å². The number of nitrogens with two attached hydrogens (primary N) is 1. The molecule has 0 radical (unpaired) electrons. The van der Waals surface area contributed by atoms with Crippen LogP contribution in [0.3, 0.4) is 0 Å². The van der Waals surface area contributed by atoms with Crippen LogP contribution in [0.4, 0.5) is 13.2 Å². The Morgan fingerprint density at radius 1 is 1.12 bits per heavy atom. The number of halogens is 3. The summed E-state index contributed by atoms with van der Waals surface area (Å²) in [7, 11) is 0. The third-order valence-electron chi connectivity index (χ3n) is 2.37. The summed E-state index contributed by atoms with van der Waals surface area (Å²) in [6.07, 6.45) is 1.37. The summed E-state index contributed by atoms with van der Waals surface area (Å²) >= 11 is 0. The van der Waals surface area contributed by atoms with Gasteiger partial charge in [0.25, 0.3) is 0 Å². The highest BCUT2D eigenvalue weighted by Gasteiger charge is 2.23. The van der Waals surface area contributed by atoms with Crippen LogP contribution in [0.1, 0.15) is 17.4 Å². The van der Waals surface area contributed by atoms with Crippen molar-refractivity contribution in [3.05, 3.63) is 59.3 Å². The molecule has 1 aromatic carbocycles. The normalized spacial score (nSPS) is 12.7. The van der Waals surface area contributed by atoms with Gasteiger partial charge in [0.05, 0.1) is 6.26 Å². The molecule has 1 atom stereocenters. The molecule has 2 rings (SSSR count). The lowest BCUT2D eigenvalue weighted by molar-refractivity contribution is 0.412. The molecule has 0 bridgehead atoms. The maximum Gasteiger partial charge on any atom is 0.194 e. The van der Waals surface area contributed by atoms with E-state index in [2.05, 4.69) is 5.43 Å². The number of hydrazine groups is 1. The van der Waals surface area contributed by atoms with Gasteiger partial charge in [-0.25, -0.2) is 18.6 Å². The molecule has 0 aliphatic rings. The maximum atomic E-state index is 13.5. The van der Waals surface area contributed by atoms with E-state index in [0.717, 1.165) is 12.1 Å². The van der Waals surface area contributed by atoms with E-state index >= 15 is 0 Å². The lowest BCUT2D eigenvalue weighted by atomic mass is 10.0. The Labute approximate surface area is 95.0 Å². The fourth-order valence-corrected chi connectivity index (χ4v) is 1.54. The SMILES string of the molecule is NNC(c1ccco1)c1ccc(F)c(F)c1F. The Bertz CT molecular complexity index is 514. The lowest BCUT2D eigenvalue weighted by Gasteiger charge is -2.14. The highest BCUT2D eigenvalue weighted by atomic mass is 19.2. The summed E-state index contributed by atoms with van der Waals surface area (Å²) in [5.41, 5.74) is 2.16. The minimum absolute atomic E-state index is 0.124. The van der Waals surface area contributed by atoms with Crippen molar-refractivity contribution in [3.63, 3.8) is 0 Å². The molecule has 6 heteroatoms. The van der Waals surface area contributed by atoms with Crippen molar-refractivity contribution < 1.29 is 17.6 Å². The van der Waals surface area contributed by atoms with Crippen LogP contribution in [-0.4, -0.2) is 0 Å². The number of benzene rings is 1. The molecule has 0 amide bonds. The lowest BCUT2D eigenvalue weighted by Crippen LogP contribution is -2.29. The first-order valence-corrected chi connectivity index (χ1v) is 4.78. The zero-order valence-electron chi connectivity index (χ0n) is 8.58.